The van der Waals surface area contributed by atoms with E-state index in [1.54, 1.807) is 24.5 Å². The predicted octanol–water partition coefficient (Wildman–Crippen LogP) is 3.10. The molecule has 5 nitrogen and oxygen atoms in total. The zero-order valence-corrected chi connectivity index (χ0v) is 16.6. The van der Waals surface area contributed by atoms with Crippen LogP contribution in [0.5, 0.6) is 5.75 Å². The maximum absolute atomic E-state index is 11.8. The number of methoxy groups -OCH3 is 1. The van der Waals surface area contributed by atoms with Crippen molar-refractivity contribution in [3.63, 3.8) is 0 Å². The van der Waals surface area contributed by atoms with E-state index < -0.39 is 0 Å². The van der Waals surface area contributed by atoms with Crippen molar-refractivity contribution in [1.29, 1.82) is 0 Å². The van der Waals surface area contributed by atoms with Gasteiger partial charge < -0.3 is 15.0 Å². The molecule has 0 spiro atoms. The van der Waals surface area contributed by atoms with E-state index in [-0.39, 0.29) is 5.91 Å². The Kier molecular flexibility index (Phi) is 7.30. The smallest absolute Gasteiger partial charge is 0.244 e. The number of carbonyl (C=O) groups is 1. The van der Waals surface area contributed by atoms with Crippen LogP contribution in [0.2, 0.25) is 0 Å². The highest BCUT2D eigenvalue weighted by Gasteiger charge is 2.16. The van der Waals surface area contributed by atoms with Gasteiger partial charge in [-0.3, -0.25) is 9.69 Å². The third-order valence-corrected chi connectivity index (χ3v) is 5.54. The second-order valence-corrected chi connectivity index (χ2v) is 7.50. The van der Waals surface area contributed by atoms with Gasteiger partial charge in [-0.25, -0.2) is 0 Å². The third-order valence-electron chi connectivity index (χ3n) is 4.70. The normalized spacial score (nSPS) is 15.2. The number of piperazine rings is 1. The third kappa shape index (κ3) is 6.12. The molecule has 1 aromatic carbocycles. The van der Waals surface area contributed by atoms with E-state index in [9.17, 15) is 4.79 Å². The van der Waals surface area contributed by atoms with Crippen LogP contribution in [-0.2, 0) is 4.79 Å². The summed E-state index contributed by atoms with van der Waals surface area (Å²) in [7, 11) is 1.69. The summed E-state index contributed by atoms with van der Waals surface area (Å²) in [5, 5.41) is 4.97. The molecule has 1 aliphatic rings. The Labute approximate surface area is 165 Å². The molecule has 2 aromatic rings. The fourth-order valence-corrected chi connectivity index (χ4v) is 3.76. The van der Waals surface area contributed by atoms with Gasteiger partial charge in [-0.2, -0.15) is 0 Å². The minimum atomic E-state index is -0.0206. The van der Waals surface area contributed by atoms with Gasteiger partial charge in [-0.05, 0) is 54.8 Å². The lowest BCUT2D eigenvalue weighted by Gasteiger charge is -2.36. The molecule has 0 saturated carbocycles. The van der Waals surface area contributed by atoms with Crippen molar-refractivity contribution in [2.75, 3.05) is 51.3 Å². The van der Waals surface area contributed by atoms with E-state index in [1.165, 1.54) is 5.69 Å². The minimum Gasteiger partial charge on any atom is -0.497 e. The minimum absolute atomic E-state index is 0.0206. The molecule has 0 aliphatic carbocycles. The highest BCUT2D eigenvalue weighted by molar-refractivity contribution is 7.10. The van der Waals surface area contributed by atoms with Gasteiger partial charge in [0, 0.05) is 49.4 Å². The molecule has 1 amide bonds. The molecule has 0 bridgehead atoms. The maximum atomic E-state index is 11.8. The van der Waals surface area contributed by atoms with Crippen LogP contribution in [0.3, 0.4) is 0 Å². The summed E-state index contributed by atoms with van der Waals surface area (Å²) >= 11 is 1.63. The van der Waals surface area contributed by atoms with E-state index in [0.717, 1.165) is 49.8 Å². The highest BCUT2D eigenvalue weighted by atomic mass is 32.1. The van der Waals surface area contributed by atoms with Crippen molar-refractivity contribution >= 4 is 29.0 Å². The Hall–Kier alpha value is -2.31. The molecule has 3 rings (SSSR count). The number of anilines is 1. The number of carbonyl (C=O) groups excluding carboxylic acids is 1. The summed E-state index contributed by atoms with van der Waals surface area (Å²) < 4.78 is 5.22. The van der Waals surface area contributed by atoms with Crippen LogP contribution in [0.1, 0.15) is 11.3 Å². The fourth-order valence-electron chi connectivity index (χ4n) is 3.14. The molecular weight excluding hydrogens is 358 g/mol. The molecule has 0 atom stereocenters. The first-order valence-corrected chi connectivity index (χ1v) is 10.2. The predicted molar refractivity (Wildman–Crippen MR) is 113 cm³/mol. The van der Waals surface area contributed by atoms with Crippen molar-refractivity contribution < 1.29 is 9.53 Å². The van der Waals surface area contributed by atoms with Crippen molar-refractivity contribution in [2.24, 2.45) is 0 Å². The lowest BCUT2D eigenvalue weighted by atomic mass is 10.2. The molecule has 0 radical (unpaired) electrons. The first kappa shape index (κ1) is 19.5. The summed E-state index contributed by atoms with van der Waals surface area (Å²) in [5.74, 6) is 0.873. The number of rotatable bonds is 8. The zero-order chi connectivity index (χ0) is 18.9. The molecule has 27 heavy (non-hydrogen) atoms. The number of thiophene rings is 1. The largest absolute Gasteiger partial charge is 0.497 e. The van der Waals surface area contributed by atoms with Gasteiger partial charge >= 0.3 is 0 Å². The van der Waals surface area contributed by atoms with Crippen LogP contribution in [0.4, 0.5) is 5.69 Å². The molecule has 6 heteroatoms. The van der Waals surface area contributed by atoms with Gasteiger partial charge in [-0.1, -0.05) is 6.07 Å². The molecule has 1 saturated heterocycles. The molecule has 1 N–H and O–H groups in total. The molecule has 0 unspecified atom stereocenters. The van der Waals surface area contributed by atoms with Crippen molar-refractivity contribution in [1.82, 2.24) is 10.2 Å². The van der Waals surface area contributed by atoms with Gasteiger partial charge in [0.25, 0.3) is 0 Å². The Bertz CT molecular complexity index is 720. The van der Waals surface area contributed by atoms with E-state index in [1.807, 2.05) is 35.7 Å². The summed E-state index contributed by atoms with van der Waals surface area (Å²) in [6.45, 7) is 5.90. The van der Waals surface area contributed by atoms with Crippen LogP contribution in [0.15, 0.2) is 47.9 Å². The van der Waals surface area contributed by atoms with Crippen molar-refractivity contribution in [3.8, 4) is 5.75 Å². The number of hydrogen-bond donors (Lipinski definition) is 1. The monoisotopic (exact) mass is 385 g/mol. The van der Waals surface area contributed by atoms with Gasteiger partial charge in [-0.15, -0.1) is 11.3 Å². The summed E-state index contributed by atoms with van der Waals surface area (Å²) in [6, 6.07) is 12.2. The SMILES string of the molecule is COc1ccc(N2CCN(CCCNC(=O)C=Cc3cccs3)CC2)cc1. The molecule has 1 fully saturated rings. The van der Waals surface area contributed by atoms with Crippen LogP contribution < -0.4 is 15.0 Å². The number of amides is 1. The number of benzene rings is 1. The molecule has 144 valence electrons. The van der Waals surface area contributed by atoms with E-state index in [0.29, 0.717) is 6.54 Å². The Balaban J connectivity index is 1.30. The Morgan fingerprint density at radius 3 is 2.63 bits per heavy atom. The summed E-state index contributed by atoms with van der Waals surface area (Å²) in [4.78, 5) is 17.8. The van der Waals surface area contributed by atoms with Crippen LogP contribution in [-0.4, -0.2) is 57.2 Å². The van der Waals surface area contributed by atoms with Gasteiger partial charge in [0.1, 0.15) is 5.75 Å². The van der Waals surface area contributed by atoms with Crippen LogP contribution >= 0.6 is 11.3 Å². The van der Waals surface area contributed by atoms with E-state index in [2.05, 4.69) is 27.2 Å². The number of ether oxygens (including phenoxy) is 1. The van der Waals surface area contributed by atoms with Gasteiger partial charge in [0.15, 0.2) is 0 Å². The summed E-state index contributed by atoms with van der Waals surface area (Å²) in [5.41, 5.74) is 1.25. The molecule has 1 aromatic heterocycles. The first-order chi connectivity index (χ1) is 13.2. The second kappa shape index (κ2) is 10.1. The van der Waals surface area contributed by atoms with Gasteiger partial charge in [0.2, 0.25) is 5.91 Å². The molecular formula is C21H27N3O2S. The Morgan fingerprint density at radius 2 is 1.96 bits per heavy atom. The number of nitrogens with one attached hydrogen (secondary N) is 1. The van der Waals surface area contributed by atoms with Crippen LogP contribution in [0.25, 0.3) is 6.08 Å². The van der Waals surface area contributed by atoms with Crippen molar-refractivity contribution in [2.45, 2.75) is 6.42 Å². The average Bonchev–Trinajstić information content (AvgIpc) is 3.24. The maximum Gasteiger partial charge on any atom is 0.244 e. The lowest BCUT2D eigenvalue weighted by molar-refractivity contribution is -0.116. The van der Waals surface area contributed by atoms with E-state index in [4.69, 9.17) is 4.74 Å². The Morgan fingerprint density at radius 1 is 1.19 bits per heavy atom. The van der Waals surface area contributed by atoms with Crippen molar-refractivity contribution in [3.05, 3.63) is 52.7 Å². The first-order valence-electron chi connectivity index (χ1n) is 9.35. The number of hydrogen-bond acceptors (Lipinski definition) is 5. The second-order valence-electron chi connectivity index (χ2n) is 6.52. The average molecular weight is 386 g/mol. The van der Waals surface area contributed by atoms with Crippen LogP contribution in [0, 0.1) is 0 Å². The standard InChI is InChI=1S/C21H27N3O2S/c1-26-19-7-5-18(6-8-19)24-15-13-23(14-16-24)12-3-11-22-21(25)10-9-20-4-2-17-27-20/h2,4-10,17H,3,11-16H2,1H3,(H,22,25). The highest BCUT2D eigenvalue weighted by Crippen LogP contribution is 2.20. The van der Waals surface area contributed by atoms with E-state index >= 15 is 0 Å². The fraction of sp³-hybridized carbons (Fsp3) is 0.381. The quantitative estimate of drug-likeness (QED) is 0.560. The number of nitrogens with zero attached hydrogens (tertiary/aromatic N) is 2. The topological polar surface area (TPSA) is 44.8 Å². The van der Waals surface area contributed by atoms with Gasteiger partial charge in [0.05, 0.1) is 7.11 Å². The zero-order valence-electron chi connectivity index (χ0n) is 15.8. The summed E-state index contributed by atoms with van der Waals surface area (Å²) in [6.07, 6.45) is 4.44. The molecule has 2 heterocycles. The molecule has 1 aliphatic heterocycles. The lowest BCUT2D eigenvalue weighted by Crippen LogP contribution is -2.47.